The number of aryl methyl sites for hydroxylation is 2. The fourth-order valence-electron chi connectivity index (χ4n) is 3.64. The van der Waals surface area contributed by atoms with Gasteiger partial charge in [-0.05, 0) is 66.9 Å². The average molecular weight is 453 g/mol. The van der Waals surface area contributed by atoms with Crippen molar-refractivity contribution in [3.8, 4) is 5.75 Å². The van der Waals surface area contributed by atoms with Gasteiger partial charge in [0.2, 0.25) is 15.9 Å². The lowest BCUT2D eigenvalue weighted by atomic mass is 10.0. The maximum atomic E-state index is 13.3. The Morgan fingerprint density at radius 2 is 1.56 bits per heavy atom. The first-order chi connectivity index (χ1) is 15.2. The summed E-state index contributed by atoms with van der Waals surface area (Å²) in [6, 6.07) is 20.4. The summed E-state index contributed by atoms with van der Waals surface area (Å²) in [5.74, 6) is 0.381. The molecular weight excluding hydrogens is 424 g/mol. The topological polar surface area (TPSA) is 75.7 Å². The second-order valence-electron chi connectivity index (χ2n) is 7.75. The summed E-state index contributed by atoms with van der Waals surface area (Å²) in [5, 5.41) is 2.91. The molecule has 0 radical (unpaired) electrons. The second kappa shape index (κ2) is 9.97. The minimum atomic E-state index is -3.81. The zero-order valence-electron chi connectivity index (χ0n) is 18.7. The molecule has 3 aromatic rings. The molecule has 0 aliphatic rings. The van der Waals surface area contributed by atoms with Crippen LogP contribution in [0.2, 0.25) is 0 Å². The summed E-state index contributed by atoms with van der Waals surface area (Å²) in [6.07, 6.45) is -0.0398. The molecule has 32 heavy (non-hydrogen) atoms. The molecule has 0 saturated carbocycles. The van der Waals surface area contributed by atoms with Gasteiger partial charge in [-0.15, -0.1) is 0 Å². The molecule has 0 aliphatic carbocycles. The number of nitrogens with one attached hydrogen (secondary N) is 1. The smallest absolute Gasteiger partial charge is 0.243 e. The van der Waals surface area contributed by atoms with Gasteiger partial charge < -0.3 is 10.1 Å². The van der Waals surface area contributed by atoms with Crippen molar-refractivity contribution >= 4 is 21.6 Å². The van der Waals surface area contributed by atoms with Crippen molar-refractivity contribution < 1.29 is 17.9 Å². The molecule has 0 spiro atoms. The van der Waals surface area contributed by atoms with Crippen LogP contribution in [0.4, 0.5) is 5.69 Å². The van der Waals surface area contributed by atoms with Crippen LogP contribution in [-0.2, 0) is 14.8 Å². The lowest BCUT2D eigenvalue weighted by molar-refractivity contribution is -0.117. The van der Waals surface area contributed by atoms with Crippen LogP contribution in [0.5, 0.6) is 5.75 Å². The standard InChI is InChI=1S/C25H28N2O4S/c1-18-14-19(2)16-21(15-18)26-25(28)17-24(20-10-12-22(31-4)13-11-20)27(3)32(29,30)23-8-6-5-7-9-23/h5-16,24H,17H2,1-4H3,(H,26,28)/t24-/m0/s1. The van der Waals surface area contributed by atoms with Gasteiger partial charge in [0.1, 0.15) is 5.75 Å². The first-order valence-corrected chi connectivity index (χ1v) is 11.7. The first-order valence-electron chi connectivity index (χ1n) is 10.3. The van der Waals surface area contributed by atoms with Gasteiger partial charge in [0, 0.05) is 19.2 Å². The highest BCUT2D eigenvalue weighted by atomic mass is 32.2. The number of benzene rings is 3. The quantitative estimate of drug-likeness (QED) is 0.537. The Kier molecular flexibility index (Phi) is 7.33. The van der Waals surface area contributed by atoms with Crippen LogP contribution in [0.3, 0.4) is 0 Å². The molecule has 0 saturated heterocycles. The van der Waals surface area contributed by atoms with Crippen molar-refractivity contribution in [3.63, 3.8) is 0 Å². The van der Waals surface area contributed by atoms with E-state index >= 15 is 0 Å². The zero-order chi connectivity index (χ0) is 23.3. The molecule has 1 amide bonds. The van der Waals surface area contributed by atoms with E-state index in [0.717, 1.165) is 11.1 Å². The number of ether oxygens (including phenoxy) is 1. The number of hydrogen-bond donors (Lipinski definition) is 1. The van der Waals surface area contributed by atoms with Gasteiger partial charge in [0.25, 0.3) is 0 Å². The Morgan fingerprint density at radius 3 is 2.12 bits per heavy atom. The lowest BCUT2D eigenvalue weighted by Crippen LogP contribution is -2.33. The van der Waals surface area contributed by atoms with E-state index in [1.165, 1.54) is 11.4 Å². The van der Waals surface area contributed by atoms with Crippen molar-refractivity contribution in [1.82, 2.24) is 4.31 Å². The molecule has 0 aromatic heterocycles. The first kappa shape index (κ1) is 23.5. The minimum absolute atomic E-state index is 0.0398. The second-order valence-corrected chi connectivity index (χ2v) is 9.75. The van der Waals surface area contributed by atoms with E-state index in [9.17, 15) is 13.2 Å². The molecular formula is C25H28N2O4S. The molecule has 0 unspecified atom stereocenters. The molecule has 0 fully saturated rings. The predicted molar refractivity (Wildman–Crippen MR) is 126 cm³/mol. The molecule has 0 bridgehead atoms. The number of hydrogen-bond acceptors (Lipinski definition) is 4. The number of methoxy groups -OCH3 is 1. The van der Waals surface area contributed by atoms with Crippen LogP contribution < -0.4 is 10.1 Å². The summed E-state index contributed by atoms with van der Waals surface area (Å²) in [5.41, 5.74) is 3.46. The number of amides is 1. The Hall–Kier alpha value is -3.16. The number of carbonyl (C=O) groups is 1. The minimum Gasteiger partial charge on any atom is -0.497 e. The fourth-order valence-corrected chi connectivity index (χ4v) is 5.01. The third kappa shape index (κ3) is 5.55. The van der Waals surface area contributed by atoms with Crippen molar-refractivity contribution in [2.24, 2.45) is 0 Å². The highest BCUT2D eigenvalue weighted by Gasteiger charge is 2.31. The summed E-state index contributed by atoms with van der Waals surface area (Å²) in [6.45, 7) is 3.92. The molecule has 3 aromatic carbocycles. The summed E-state index contributed by atoms with van der Waals surface area (Å²) >= 11 is 0. The third-order valence-electron chi connectivity index (χ3n) is 5.24. The van der Waals surface area contributed by atoms with Crippen LogP contribution in [0, 0.1) is 13.8 Å². The molecule has 168 valence electrons. The maximum Gasteiger partial charge on any atom is 0.243 e. The lowest BCUT2D eigenvalue weighted by Gasteiger charge is -2.28. The van der Waals surface area contributed by atoms with Gasteiger partial charge in [-0.2, -0.15) is 4.31 Å². The van der Waals surface area contributed by atoms with Gasteiger partial charge in [0.15, 0.2) is 0 Å². The van der Waals surface area contributed by atoms with Gasteiger partial charge >= 0.3 is 0 Å². The van der Waals surface area contributed by atoms with E-state index < -0.39 is 16.1 Å². The van der Waals surface area contributed by atoms with E-state index in [-0.39, 0.29) is 17.2 Å². The number of sulfonamides is 1. The Morgan fingerprint density at radius 1 is 0.969 bits per heavy atom. The number of nitrogens with zero attached hydrogens (tertiary/aromatic N) is 1. The van der Waals surface area contributed by atoms with Crippen molar-refractivity contribution in [1.29, 1.82) is 0 Å². The van der Waals surface area contributed by atoms with Gasteiger partial charge in [-0.1, -0.05) is 36.4 Å². The Labute approximate surface area is 189 Å². The third-order valence-corrected chi connectivity index (χ3v) is 7.12. The normalized spacial score (nSPS) is 12.4. The molecule has 6 nitrogen and oxygen atoms in total. The van der Waals surface area contributed by atoms with Crippen molar-refractivity contribution in [2.45, 2.75) is 31.2 Å². The number of anilines is 1. The zero-order valence-corrected chi connectivity index (χ0v) is 19.5. The molecule has 0 heterocycles. The van der Waals surface area contributed by atoms with E-state index in [2.05, 4.69) is 5.32 Å². The van der Waals surface area contributed by atoms with Crippen molar-refractivity contribution in [2.75, 3.05) is 19.5 Å². The maximum absolute atomic E-state index is 13.3. The van der Waals surface area contributed by atoms with E-state index in [0.29, 0.717) is 17.0 Å². The molecule has 0 aliphatic heterocycles. The number of carbonyl (C=O) groups excluding carboxylic acids is 1. The van der Waals surface area contributed by atoms with Crippen LogP contribution in [0.15, 0.2) is 77.7 Å². The van der Waals surface area contributed by atoms with E-state index in [1.807, 2.05) is 32.0 Å². The highest BCUT2D eigenvalue weighted by molar-refractivity contribution is 7.89. The van der Waals surface area contributed by atoms with Gasteiger partial charge in [-0.25, -0.2) is 8.42 Å². The monoisotopic (exact) mass is 452 g/mol. The van der Waals surface area contributed by atoms with Crippen LogP contribution in [-0.4, -0.2) is 32.8 Å². The van der Waals surface area contributed by atoms with E-state index in [1.54, 1.807) is 61.7 Å². The molecule has 1 atom stereocenters. The van der Waals surface area contributed by atoms with E-state index in [4.69, 9.17) is 4.74 Å². The summed E-state index contributed by atoms with van der Waals surface area (Å²) < 4.78 is 33.0. The Bertz CT molecular complexity index is 1160. The molecule has 7 heteroatoms. The summed E-state index contributed by atoms with van der Waals surface area (Å²) in [7, 11) is -0.745. The fraction of sp³-hybridized carbons (Fsp3) is 0.240. The number of rotatable bonds is 8. The van der Waals surface area contributed by atoms with Gasteiger partial charge in [-0.3, -0.25) is 4.79 Å². The van der Waals surface area contributed by atoms with Crippen LogP contribution in [0.25, 0.3) is 0 Å². The van der Waals surface area contributed by atoms with Crippen LogP contribution >= 0.6 is 0 Å². The molecule has 1 N–H and O–H groups in total. The highest BCUT2D eigenvalue weighted by Crippen LogP contribution is 2.30. The Balaban J connectivity index is 1.92. The largest absolute Gasteiger partial charge is 0.497 e. The van der Waals surface area contributed by atoms with Crippen LogP contribution in [0.1, 0.15) is 29.2 Å². The molecule has 3 rings (SSSR count). The van der Waals surface area contributed by atoms with Crippen molar-refractivity contribution in [3.05, 3.63) is 89.5 Å². The average Bonchev–Trinajstić information content (AvgIpc) is 2.77. The van der Waals surface area contributed by atoms with Gasteiger partial charge in [0.05, 0.1) is 18.0 Å². The summed E-state index contributed by atoms with van der Waals surface area (Å²) in [4.78, 5) is 13.1. The predicted octanol–water partition coefficient (Wildman–Crippen LogP) is 4.70. The SMILES string of the molecule is COc1ccc([C@H](CC(=O)Nc2cc(C)cc(C)c2)N(C)S(=O)(=O)c2ccccc2)cc1.